The van der Waals surface area contributed by atoms with Crippen LogP contribution in [0.1, 0.15) is 18.9 Å². The predicted molar refractivity (Wildman–Crippen MR) is 91.4 cm³/mol. The number of nitrogens with zero attached hydrogens (tertiary/aromatic N) is 2. The number of rotatable bonds is 5. The Labute approximate surface area is 144 Å². The lowest BCUT2D eigenvalue weighted by Gasteiger charge is -2.42. The Hall–Kier alpha value is -1.74. The van der Waals surface area contributed by atoms with Crippen molar-refractivity contribution in [1.29, 1.82) is 0 Å². The zero-order valence-electron chi connectivity index (χ0n) is 13.5. The molecule has 4 N–H and O–H groups in total. The number of piperidine rings is 1. The maximum absolute atomic E-state index is 11.0. The highest BCUT2D eigenvalue weighted by molar-refractivity contribution is 7.13. The number of aliphatic hydroxyl groups excluding tert-OH is 1. The Morgan fingerprint density at radius 1 is 1.62 bits per heavy atom. The minimum atomic E-state index is -1.27. The number of carbonyl (C=O) groups excluding carboxylic acids is 1. The second-order valence-electron chi connectivity index (χ2n) is 6.26. The Bertz CT molecular complexity index is 687. The number of carbonyl (C=O) groups is 1. The van der Waals surface area contributed by atoms with E-state index >= 15 is 0 Å². The zero-order valence-corrected chi connectivity index (χ0v) is 14.3. The fraction of sp³-hybridized carbons (Fsp3) is 0.500. The molecule has 1 fully saturated rings. The molecule has 0 unspecified atom stereocenters. The van der Waals surface area contributed by atoms with Crippen molar-refractivity contribution in [3.63, 3.8) is 0 Å². The minimum absolute atomic E-state index is 0.0729. The van der Waals surface area contributed by atoms with Gasteiger partial charge >= 0.3 is 0 Å². The quantitative estimate of drug-likeness (QED) is 0.632. The number of aromatic amines is 1. The number of hydrogen-bond donors (Lipinski definition) is 4. The van der Waals surface area contributed by atoms with Gasteiger partial charge in [0, 0.05) is 38.7 Å². The van der Waals surface area contributed by atoms with Crippen LogP contribution in [-0.4, -0.2) is 62.6 Å². The smallest absolute Gasteiger partial charge is 0.216 e. The topological polar surface area (TPSA) is 101 Å². The second-order valence-corrected chi connectivity index (χ2v) is 7.21. The van der Waals surface area contributed by atoms with E-state index < -0.39 is 11.7 Å². The van der Waals surface area contributed by atoms with Crippen LogP contribution in [0.5, 0.6) is 0 Å². The van der Waals surface area contributed by atoms with Crippen LogP contribution in [0.2, 0.25) is 0 Å². The summed E-state index contributed by atoms with van der Waals surface area (Å²) < 4.78 is 0. The lowest BCUT2D eigenvalue weighted by Crippen LogP contribution is -2.59. The molecule has 2 aromatic heterocycles. The van der Waals surface area contributed by atoms with E-state index in [9.17, 15) is 15.0 Å². The van der Waals surface area contributed by atoms with Crippen molar-refractivity contribution in [2.75, 3.05) is 19.6 Å². The molecule has 0 radical (unpaired) electrons. The first kappa shape index (κ1) is 17.1. The third-order valence-corrected chi connectivity index (χ3v) is 5.32. The van der Waals surface area contributed by atoms with Crippen LogP contribution in [-0.2, 0) is 11.3 Å². The van der Waals surface area contributed by atoms with Crippen molar-refractivity contribution < 1.29 is 15.0 Å². The number of nitrogens with one attached hydrogen (secondary N) is 2. The molecule has 24 heavy (non-hydrogen) atoms. The Balaban J connectivity index is 1.63. The first-order valence-corrected chi connectivity index (χ1v) is 8.79. The van der Waals surface area contributed by atoms with Crippen LogP contribution in [0.4, 0.5) is 0 Å². The average molecular weight is 350 g/mol. The largest absolute Gasteiger partial charge is 0.389 e. The first-order chi connectivity index (χ1) is 11.5. The molecule has 2 atom stereocenters. The SMILES string of the molecule is CC(=O)NC[C@]1(O)CCN(Cc2cn[nH]c2-c2cccs2)C[C@H]1O. The molecule has 1 aliphatic rings. The number of H-pyrrole nitrogens is 1. The van der Waals surface area contributed by atoms with E-state index in [2.05, 4.69) is 20.4 Å². The predicted octanol–water partition coefficient (Wildman–Crippen LogP) is 0.572. The summed E-state index contributed by atoms with van der Waals surface area (Å²) in [6, 6.07) is 4.04. The molecular formula is C16H22N4O3S. The number of thiophene rings is 1. The lowest BCUT2D eigenvalue weighted by atomic mass is 9.88. The van der Waals surface area contributed by atoms with Gasteiger partial charge in [-0.3, -0.25) is 14.8 Å². The van der Waals surface area contributed by atoms with Crippen molar-refractivity contribution in [2.24, 2.45) is 0 Å². The molecule has 0 aliphatic carbocycles. The number of aromatic nitrogens is 2. The Morgan fingerprint density at radius 2 is 2.46 bits per heavy atom. The van der Waals surface area contributed by atoms with Gasteiger partial charge < -0.3 is 15.5 Å². The Morgan fingerprint density at radius 3 is 3.12 bits per heavy atom. The summed E-state index contributed by atoms with van der Waals surface area (Å²) in [6.45, 7) is 3.11. The van der Waals surface area contributed by atoms with Crippen LogP contribution in [0.3, 0.4) is 0 Å². The van der Waals surface area contributed by atoms with Gasteiger partial charge in [0.15, 0.2) is 0 Å². The molecule has 0 saturated carbocycles. The van der Waals surface area contributed by atoms with Gasteiger partial charge in [0.2, 0.25) is 5.91 Å². The maximum Gasteiger partial charge on any atom is 0.216 e. The number of amides is 1. The summed E-state index contributed by atoms with van der Waals surface area (Å²) in [5, 5.41) is 32.6. The molecule has 0 bridgehead atoms. The highest BCUT2D eigenvalue weighted by atomic mass is 32.1. The summed E-state index contributed by atoms with van der Waals surface area (Å²) in [4.78, 5) is 14.3. The van der Waals surface area contributed by atoms with Gasteiger partial charge in [-0.1, -0.05) is 6.07 Å². The average Bonchev–Trinajstić information content (AvgIpc) is 3.20. The third kappa shape index (κ3) is 3.67. The highest BCUT2D eigenvalue weighted by Gasteiger charge is 2.40. The van der Waals surface area contributed by atoms with Gasteiger partial charge in [-0.15, -0.1) is 11.3 Å². The molecular weight excluding hydrogens is 328 g/mol. The van der Waals surface area contributed by atoms with E-state index in [0.717, 1.165) is 16.1 Å². The monoisotopic (exact) mass is 350 g/mol. The van der Waals surface area contributed by atoms with Gasteiger partial charge in [0.25, 0.3) is 0 Å². The molecule has 7 nitrogen and oxygen atoms in total. The van der Waals surface area contributed by atoms with Crippen LogP contribution >= 0.6 is 11.3 Å². The summed E-state index contributed by atoms with van der Waals surface area (Å²) in [7, 11) is 0. The van der Waals surface area contributed by atoms with Crippen LogP contribution in [0.25, 0.3) is 10.6 Å². The molecule has 1 aliphatic heterocycles. The van der Waals surface area contributed by atoms with Gasteiger partial charge in [0.1, 0.15) is 5.60 Å². The third-order valence-electron chi connectivity index (χ3n) is 4.44. The van der Waals surface area contributed by atoms with E-state index in [1.807, 2.05) is 17.5 Å². The second kappa shape index (κ2) is 7.02. The van der Waals surface area contributed by atoms with E-state index in [-0.39, 0.29) is 12.5 Å². The normalized spacial score (nSPS) is 24.9. The van der Waals surface area contributed by atoms with Crippen molar-refractivity contribution >= 4 is 17.2 Å². The van der Waals surface area contributed by atoms with E-state index in [1.165, 1.54) is 6.92 Å². The van der Waals surface area contributed by atoms with E-state index in [0.29, 0.717) is 26.1 Å². The molecule has 1 saturated heterocycles. The summed E-state index contributed by atoms with van der Waals surface area (Å²) >= 11 is 1.65. The van der Waals surface area contributed by atoms with E-state index in [4.69, 9.17) is 0 Å². The summed E-state index contributed by atoms with van der Waals surface area (Å²) in [5.74, 6) is -0.211. The first-order valence-electron chi connectivity index (χ1n) is 7.91. The molecule has 3 heterocycles. The van der Waals surface area contributed by atoms with Gasteiger partial charge in [0.05, 0.1) is 22.9 Å². The number of hydrogen-bond acceptors (Lipinski definition) is 6. The van der Waals surface area contributed by atoms with Gasteiger partial charge in [-0.05, 0) is 17.9 Å². The molecule has 8 heteroatoms. The number of likely N-dealkylation sites (tertiary alicyclic amines) is 1. The zero-order chi connectivity index (χ0) is 17.2. The molecule has 130 valence electrons. The number of β-amino-alcohol motifs (C(OH)–C–C–N with tert-alkyl or cyclic N) is 1. The highest BCUT2D eigenvalue weighted by Crippen LogP contribution is 2.28. The van der Waals surface area contributed by atoms with Crippen molar-refractivity contribution in [3.05, 3.63) is 29.3 Å². The Kier molecular flexibility index (Phi) is 5.00. The summed E-state index contributed by atoms with van der Waals surface area (Å²) in [5.41, 5.74) is 0.797. The number of aliphatic hydroxyl groups is 2. The molecule has 0 aromatic carbocycles. The molecule has 0 spiro atoms. The molecule has 1 amide bonds. The molecule has 2 aromatic rings. The van der Waals surface area contributed by atoms with Gasteiger partial charge in [-0.2, -0.15) is 5.10 Å². The van der Waals surface area contributed by atoms with Crippen molar-refractivity contribution in [2.45, 2.75) is 31.6 Å². The minimum Gasteiger partial charge on any atom is -0.389 e. The van der Waals surface area contributed by atoms with Gasteiger partial charge in [-0.25, -0.2) is 0 Å². The lowest BCUT2D eigenvalue weighted by molar-refractivity contribution is -0.130. The van der Waals surface area contributed by atoms with Crippen molar-refractivity contribution in [1.82, 2.24) is 20.4 Å². The fourth-order valence-corrected chi connectivity index (χ4v) is 3.71. The fourth-order valence-electron chi connectivity index (χ4n) is 2.96. The van der Waals surface area contributed by atoms with Crippen molar-refractivity contribution in [3.8, 4) is 10.6 Å². The van der Waals surface area contributed by atoms with Crippen LogP contribution in [0.15, 0.2) is 23.7 Å². The van der Waals surface area contributed by atoms with Crippen LogP contribution < -0.4 is 5.32 Å². The standard InChI is InChI=1S/C16H22N4O3S/c1-11(21)17-10-16(23)4-5-20(9-14(16)22)8-12-7-18-19-15(12)13-3-2-6-24-13/h2-3,6-7,14,22-23H,4-5,8-10H2,1H3,(H,17,21)(H,18,19)/t14-,16-/m1/s1. The molecule has 3 rings (SSSR count). The van der Waals surface area contributed by atoms with E-state index in [1.54, 1.807) is 17.5 Å². The maximum atomic E-state index is 11.0. The summed E-state index contributed by atoms with van der Waals surface area (Å²) in [6.07, 6.45) is 1.30. The van der Waals surface area contributed by atoms with Crippen LogP contribution in [0, 0.1) is 0 Å².